The van der Waals surface area contributed by atoms with E-state index in [1.54, 1.807) is 12.4 Å². The molecule has 0 saturated carbocycles. The Hall–Kier alpha value is -3.59. The molecule has 8 nitrogen and oxygen atoms in total. The number of pyridine rings is 1. The molecule has 4 N–H and O–H groups in total. The SMILES string of the molecule is Nc1ncnc2c1ncn2Cc1cc(-c2cccc(F)c2)ncc1N1CCC[C@@H](N)C1. The van der Waals surface area contributed by atoms with Crippen LogP contribution in [0.1, 0.15) is 18.4 Å². The molecule has 0 spiro atoms. The van der Waals surface area contributed by atoms with Crippen molar-refractivity contribution < 1.29 is 4.39 Å². The normalized spacial score (nSPS) is 16.7. The summed E-state index contributed by atoms with van der Waals surface area (Å²) in [4.78, 5) is 19.7. The van der Waals surface area contributed by atoms with Crippen molar-refractivity contribution in [3.63, 3.8) is 0 Å². The van der Waals surface area contributed by atoms with Crippen molar-refractivity contribution in [3.8, 4) is 11.3 Å². The zero-order chi connectivity index (χ0) is 21.4. The van der Waals surface area contributed by atoms with Crippen molar-refractivity contribution in [2.24, 2.45) is 5.73 Å². The molecule has 0 aliphatic carbocycles. The third-order valence-corrected chi connectivity index (χ3v) is 5.66. The van der Waals surface area contributed by atoms with Crippen LogP contribution < -0.4 is 16.4 Å². The van der Waals surface area contributed by atoms with Gasteiger partial charge in [0.2, 0.25) is 0 Å². The molecule has 31 heavy (non-hydrogen) atoms. The molecule has 4 heterocycles. The van der Waals surface area contributed by atoms with Gasteiger partial charge in [-0.2, -0.15) is 0 Å². The van der Waals surface area contributed by atoms with Gasteiger partial charge in [0.25, 0.3) is 0 Å². The summed E-state index contributed by atoms with van der Waals surface area (Å²) in [5.74, 6) is 0.0564. The first kappa shape index (κ1) is 19.4. The standard InChI is InChI=1S/C22H23FN8/c23-16-4-1-3-14(7-16)18-8-15(19(9-26-18)30-6-2-5-17(24)11-30)10-31-13-29-20-21(25)27-12-28-22(20)31/h1,3-4,7-9,12-13,17H,2,5-6,10-11,24H2,(H2,25,27,28)/t17-/m1/s1. The molecule has 4 aromatic rings. The molecule has 1 fully saturated rings. The number of piperidine rings is 1. The second-order valence-electron chi connectivity index (χ2n) is 7.86. The van der Waals surface area contributed by atoms with Gasteiger partial charge in [-0.1, -0.05) is 12.1 Å². The first-order valence-electron chi connectivity index (χ1n) is 10.2. The van der Waals surface area contributed by atoms with E-state index in [-0.39, 0.29) is 11.9 Å². The highest BCUT2D eigenvalue weighted by atomic mass is 19.1. The van der Waals surface area contributed by atoms with E-state index in [4.69, 9.17) is 11.5 Å². The van der Waals surface area contributed by atoms with E-state index in [1.165, 1.54) is 18.5 Å². The summed E-state index contributed by atoms with van der Waals surface area (Å²) < 4.78 is 15.7. The number of nitrogens with zero attached hydrogens (tertiary/aromatic N) is 6. The van der Waals surface area contributed by atoms with Crippen molar-refractivity contribution in [1.82, 2.24) is 24.5 Å². The summed E-state index contributed by atoms with van der Waals surface area (Å²) >= 11 is 0. The largest absolute Gasteiger partial charge is 0.382 e. The molecule has 1 aliphatic rings. The molecule has 1 aliphatic heterocycles. The minimum Gasteiger partial charge on any atom is -0.382 e. The fourth-order valence-electron chi connectivity index (χ4n) is 4.13. The molecule has 158 valence electrons. The molecule has 1 atom stereocenters. The molecule has 9 heteroatoms. The van der Waals surface area contributed by atoms with E-state index in [1.807, 2.05) is 22.9 Å². The van der Waals surface area contributed by atoms with E-state index in [9.17, 15) is 4.39 Å². The number of hydrogen-bond donors (Lipinski definition) is 2. The van der Waals surface area contributed by atoms with Crippen LogP contribution in [-0.2, 0) is 6.54 Å². The Balaban J connectivity index is 1.59. The summed E-state index contributed by atoms with van der Waals surface area (Å²) in [6.07, 6.45) is 7.05. The van der Waals surface area contributed by atoms with E-state index in [0.717, 1.165) is 42.7 Å². The maximum Gasteiger partial charge on any atom is 0.165 e. The maximum absolute atomic E-state index is 13.8. The fourth-order valence-corrected chi connectivity index (χ4v) is 4.13. The number of aromatic nitrogens is 5. The van der Waals surface area contributed by atoms with Gasteiger partial charge < -0.3 is 20.9 Å². The minimum atomic E-state index is -0.292. The minimum absolute atomic E-state index is 0.131. The third-order valence-electron chi connectivity index (χ3n) is 5.66. The summed E-state index contributed by atoms with van der Waals surface area (Å²) in [5.41, 5.74) is 16.9. The van der Waals surface area contributed by atoms with Gasteiger partial charge in [0.1, 0.15) is 17.7 Å². The van der Waals surface area contributed by atoms with Crippen LogP contribution in [-0.4, -0.2) is 43.6 Å². The second kappa shape index (κ2) is 7.92. The lowest BCUT2D eigenvalue weighted by molar-refractivity contribution is 0.504. The maximum atomic E-state index is 13.8. The average Bonchev–Trinajstić information content (AvgIpc) is 3.18. The molecular weight excluding hydrogens is 395 g/mol. The van der Waals surface area contributed by atoms with E-state index >= 15 is 0 Å². The van der Waals surface area contributed by atoms with Gasteiger partial charge >= 0.3 is 0 Å². The lowest BCUT2D eigenvalue weighted by Crippen LogP contribution is -2.43. The summed E-state index contributed by atoms with van der Waals surface area (Å²) in [6, 6.07) is 8.59. The first-order valence-corrected chi connectivity index (χ1v) is 10.2. The fraction of sp³-hybridized carbons (Fsp3) is 0.273. The number of rotatable bonds is 4. The Kier molecular flexibility index (Phi) is 4.95. The Morgan fingerprint density at radius 3 is 2.87 bits per heavy atom. The van der Waals surface area contributed by atoms with Crippen LogP contribution in [0.4, 0.5) is 15.9 Å². The quantitative estimate of drug-likeness (QED) is 0.524. The van der Waals surface area contributed by atoms with Crippen LogP contribution in [0.2, 0.25) is 0 Å². The molecule has 1 saturated heterocycles. The van der Waals surface area contributed by atoms with Crippen molar-refractivity contribution in [2.45, 2.75) is 25.4 Å². The smallest absolute Gasteiger partial charge is 0.165 e. The van der Waals surface area contributed by atoms with Crippen molar-refractivity contribution in [1.29, 1.82) is 0 Å². The van der Waals surface area contributed by atoms with E-state index < -0.39 is 0 Å². The van der Waals surface area contributed by atoms with Gasteiger partial charge in [0.05, 0.1) is 30.5 Å². The third kappa shape index (κ3) is 3.79. The number of nitrogen functional groups attached to an aromatic ring is 1. The summed E-state index contributed by atoms with van der Waals surface area (Å²) in [5, 5.41) is 0. The van der Waals surface area contributed by atoms with Gasteiger partial charge in [-0.25, -0.2) is 19.3 Å². The van der Waals surface area contributed by atoms with Gasteiger partial charge in [-0.05, 0) is 36.6 Å². The number of benzene rings is 1. The Morgan fingerprint density at radius 1 is 1.13 bits per heavy atom. The summed E-state index contributed by atoms with van der Waals surface area (Å²) in [7, 11) is 0. The highest BCUT2D eigenvalue weighted by Crippen LogP contribution is 2.29. The average molecular weight is 418 g/mol. The van der Waals surface area contributed by atoms with Gasteiger partial charge in [-0.3, -0.25) is 4.98 Å². The van der Waals surface area contributed by atoms with Crippen molar-refractivity contribution in [2.75, 3.05) is 23.7 Å². The van der Waals surface area contributed by atoms with E-state index in [2.05, 4.69) is 24.8 Å². The lowest BCUT2D eigenvalue weighted by Gasteiger charge is -2.34. The lowest BCUT2D eigenvalue weighted by atomic mass is 10.0. The monoisotopic (exact) mass is 418 g/mol. The van der Waals surface area contributed by atoms with Gasteiger partial charge in [-0.15, -0.1) is 0 Å². The zero-order valence-electron chi connectivity index (χ0n) is 16.9. The van der Waals surface area contributed by atoms with Gasteiger partial charge in [0, 0.05) is 24.7 Å². The molecule has 5 rings (SSSR count). The Bertz CT molecular complexity index is 1240. The van der Waals surface area contributed by atoms with Crippen LogP contribution in [0, 0.1) is 5.82 Å². The summed E-state index contributed by atoms with van der Waals surface area (Å²) in [6.45, 7) is 2.20. The first-order chi connectivity index (χ1) is 15.1. The van der Waals surface area contributed by atoms with Crippen LogP contribution in [0.3, 0.4) is 0 Å². The molecule has 1 aromatic carbocycles. The predicted octanol–water partition coefficient (Wildman–Crippen LogP) is 2.59. The Morgan fingerprint density at radius 2 is 2.03 bits per heavy atom. The van der Waals surface area contributed by atoms with Crippen molar-refractivity contribution >= 4 is 22.7 Å². The number of anilines is 2. The molecule has 0 bridgehead atoms. The topological polar surface area (TPSA) is 112 Å². The molecular formula is C22H23FN8. The highest BCUT2D eigenvalue weighted by Gasteiger charge is 2.21. The molecule has 0 unspecified atom stereocenters. The molecule has 3 aromatic heterocycles. The van der Waals surface area contributed by atoms with Gasteiger partial charge in [0.15, 0.2) is 11.5 Å². The molecule has 0 amide bonds. The number of imidazole rings is 1. The Labute approximate surface area is 178 Å². The highest BCUT2D eigenvalue weighted by molar-refractivity contribution is 5.81. The number of nitrogens with two attached hydrogens (primary N) is 2. The van der Waals surface area contributed by atoms with Crippen LogP contribution >= 0.6 is 0 Å². The zero-order valence-corrected chi connectivity index (χ0v) is 16.9. The van der Waals surface area contributed by atoms with Crippen molar-refractivity contribution in [3.05, 3.63) is 60.6 Å². The van der Waals surface area contributed by atoms with Crippen LogP contribution in [0.5, 0.6) is 0 Å². The predicted molar refractivity (Wildman–Crippen MR) is 118 cm³/mol. The second-order valence-corrected chi connectivity index (χ2v) is 7.86. The number of hydrogen-bond acceptors (Lipinski definition) is 7. The van der Waals surface area contributed by atoms with Crippen LogP contribution in [0.15, 0.2) is 49.2 Å². The number of halogens is 1. The van der Waals surface area contributed by atoms with E-state index in [0.29, 0.717) is 29.2 Å². The molecule has 0 radical (unpaired) electrons. The number of fused-ring (bicyclic) bond motifs is 1. The van der Waals surface area contributed by atoms with Crippen LogP contribution in [0.25, 0.3) is 22.4 Å².